The van der Waals surface area contributed by atoms with E-state index in [4.69, 9.17) is 16.3 Å². The van der Waals surface area contributed by atoms with Gasteiger partial charge in [-0.2, -0.15) is 4.80 Å². The quantitative estimate of drug-likeness (QED) is 0.402. The first-order valence-corrected chi connectivity index (χ1v) is 10.8. The summed E-state index contributed by atoms with van der Waals surface area (Å²) >= 11 is 5.96. The highest BCUT2D eigenvalue weighted by atomic mass is 35.5. The van der Waals surface area contributed by atoms with Crippen molar-refractivity contribution < 1.29 is 9.53 Å². The topological polar surface area (TPSA) is 69.0 Å². The van der Waals surface area contributed by atoms with E-state index >= 15 is 0 Å². The molecular weight excluding hydrogens is 424 g/mol. The van der Waals surface area contributed by atoms with E-state index in [9.17, 15) is 4.79 Å². The molecule has 0 atom stereocenters. The van der Waals surface area contributed by atoms with Gasteiger partial charge < -0.3 is 10.1 Å². The van der Waals surface area contributed by atoms with Crippen LogP contribution in [0, 0.1) is 13.8 Å². The van der Waals surface area contributed by atoms with Crippen LogP contribution in [0.4, 0.5) is 5.69 Å². The highest BCUT2D eigenvalue weighted by Crippen LogP contribution is 2.24. The average Bonchev–Trinajstić information content (AvgIpc) is 3.16. The number of anilines is 1. The maximum absolute atomic E-state index is 12.5. The number of amides is 1. The number of nitrogens with one attached hydrogen (secondary N) is 1. The number of halogens is 1. The molecule has 164 valence electrons. The molecule has 1 aromatic heterocycles. The van der Waals surface area contributed by atoms with Crippen molar-refractivity contribution in [2.45, 2.75) is 33.6 Å². The summed E-state index contributed by atoms with van der Waals surface area (Å²) in [6, 6.07) is 17.3. The molecule has 4 aromatic rings. The Morgan fingerprint density at radius 1 is 1.00 bits per heavy atom. The molecule has 0 fully saturated rings. The molecule has 0 aliphatic heterocycles. The molecule has 32 heavy (non-hydrogen) atoms. The van der Waals surface area contributed by atoms with Gasteiger partial charge in [-0.3, -0.25) is 4.79 Å². The Labute approximate surface area is 192 Å². The number of carbonyl (C=O) groups excluding carboxylic acids is 1. The van der Waals surface area contributed by atoms with Gasteiger partial charge in [0.05, 0.1) is 5.69 Å². The second-order valence-electron chi connectivity index (χ2n) is 8.14. The van der Waals surface area contributed by atoms with Crippen LogP contribution >= 0.6 is 11.6 Å². The molecule has 0 saturated carbocycles. The van der Waals surface area contributed by atoms with Crippen molar-refractivity contribution >= 4 is 34.2 Å². The summed E-state index contributed by atoms with van der Waals surface area (Å²) in [5, 5.41) is 12.7. The van der Waals surface area contributed by atoms with Gasteiger partial charge in [-0.15, -0.1) is 10.2 Å². The number of aryl methyl sites for hydroxylation is 2. The van der Waals surface area contributed by atoms with E-state index < -0.39 is 0 Å². The first-order valence-electron chi connectivity index (χ1n) is 10.5. The monoisotopic (exact) mass is 448 g/mol. The number of hydrogen-bond acceptors (Lipinski definition) is 4. The predicted octanol–water partition coefficient (Wildman–Crippen LogP) is 5.83. The normalized spacial score (nSPS) is 11.2. The number of nitrogens with zero attached hydrogens (tertiary/aromatic N) is 3. The van der Waals surface area contributed by atoms with E-state index in [0.717, 1.165) is 22.3 Å². The van der Waals surface area contributed by atoms with Crippen LogP contribution in [0.5, 0.6) is 5.75 Å². The Balaban J connectivity index is 1.49. The number of hydrogen-bond donors (Lipinski definition) is 1. The first kappa shape index (κ1) is 21.8. The van der Waals surface area contributed by atoms with Crippen LogP contribution < -0.4 is 10.1 Å². The van der Waals surface area contributed by atoms with Crippen LogP contribution in [-0.4, -0.2) is 27.5 Å². The zero-order valence-electron chi connectivity index (χ0n) is 18.5. The Morgan fingerprint density at radius 2 is 1.69 bits per heavy atom. The van der Waals surface area contributed by atoms with Crippen LogP contribution in [-0.2, 0) is 4.79 Å². The van der Waals surface area contributed by atoms with Crippen LogP contribution in [0.3, 0.4) is 0 Å². The lowest BCUT2D eigenvalue weighted by atomic mass is 10.0. The molecule has 1 amide bonds. The highest BCUT2D eigenvalue weighted by Gasteiger charge is 2.12. The maximum Gasteiger partial charge on any atom is 0.262 e. The lowest BCUT2D eigenvalue weighted by Crippen LogP contribution is -2.20. The highest BCUT2D eigenvalue weighted by molar-refractivity contribution is 6.30. The van der Waals surface area contributed by atoms with Crippen LogP contribution in [0.25, 0.3) is 16.7 Å². The summed E-state index contributed by atoms with van der Waals surface area (Å²) in [4.78, 5) is 14.1. The van der Waals surface area contributed by atoms with E-state index in [1.54, 1.807) is 23.0 Å². The molecule has 0 bridgehead atoms. The van der Waals surface area contributed by atoms with Gasteiger partial charge in [-0.05, 0) is 78.9 Å². The van der Waals surface area contributed by atoms with Crippen molar-refractivity contribution in [1.82, 2.24) is 15.0 Å². The molecule has 0 unspecified atom stereocenters. The number of carbonyl (C=O) groups is 1. The summed E-state index contributed by atoms with van der Waals surface area (Å²) in [6.45, 7) is 8.03. The number of fused-ring (bicyclic) bond motifs is 1. The molecule has 4 rings (SSSR count). The van der Waals surface area contributed by atoms with Gasteiger partial charge in [0.15, 0.2) is 6.61 Å². The third-order valence-electron chi connectivity index (χ3n) is 5.29. The van der Waals surface area contributed by atoms with Gasteiger partial charge in [-0.1, -0.05) is 37.6 Å². The third-order valence-corrected chi connectivity index (χ3v) is 5.52. The number of ether oxygens (including phenoxy) is 1. The summed E-state index contributed by atoms with van der Waals surface area (Å²) in [5.41, 5.74) is 6.08. The smallest absolute Gasteiger partial charge is 0.262 e. The van der Waals surface area contributed by atoms with Gasteiger partial charge in [0.1, 0.15) is 16.8 Å². The summed E-state index contributed by atoms with van der Waals surface area (Å²) in [7, 11) is 0. The fourth-order valence-corrected chi connectivity index (χ4v) is 3.64. The molecular formula is C25H25ClN4O2. The van der Waals surface area contributed by atoms with Gasteiger partial charge in [0.25, 0.3) is 5.91 Å². The fourth-order valence-electron chi connectivity index (χ4n) is 3.41. The van der Waals surface area contributed by atoms with E-state index in [-0.39, 0.29) is 12.5 Å². The summed E-state index contributed by atoms with van der Waals surface area (Å²) in [5.74, 6) is 0.844. The van der Waals surface area contributed by atoms with Gasteiger partial charge in [-0.25, -0.2) is 0 Å². The van der Waals surface area contributed by atoms with E-state index in [0.29, 0.717) is 27.9 Å². The van der Waals surface area contributed by atoms with Gasteiger partial charge in [0.2, 0.25) is 0 Å². The van der Waals surface area contributed by atoms with Crippen LogP contribution in [0.15, 0.2) is 54.6 Å². The second kappa shape index (κ2) is 9.01. The van der Waals surface area contributed by atoms with Crippen LogP contribution in [0.1, 0.15) is 36.5 Å². The van der Waals surface area contributed by atoms with Crippen molar-refractivity contribution in [1.29, 1.82) is 0 Å². The Kier molecular flexibility index (Phi) is 6.15. The first-order chi connectivity index (χ1) is 15.3. The van der Waals surface area contributed by atoms with Crippen molar-refractivity contribution in [2.24, 2.45) is 0 Å². The lowest BCUT2D eigenvalue weighted by Gasteiger charge is -2.11. The summed E-state index contributed by atoms with van der Waals surface area (Å²) in [6.07, 6.45) is 0. The molecule has 1 heterocycles. The lowest BCUT2D eigenvalue weighted by molar-refractivity contribution is -0.118. The van der Waals surface area contributed by atoms with E-state index in [1.165, 1.54) is 5.56 Å². The molecule has 6 nitrogen and oxygen atoms in total. The number of benzene rings is 3. The number of aromatic nitrogens is 3. The molecule has 3 aromatic carbocycles. The van der Waals surface area contributed by atoms with E-state index in [1.807, 2.05) is 38.1 Å². The van der Waals surface area contributed by atoms with Crippen molar-refractivity contribution in [3.8, 4) is 11.4 Å². The minimum Gasteiger partial charge on any atom is -0.483 e. The Bertz CT molecular complexity index is 1280. The minimum atomic E-state index is -0.251. The standard InChI is InChI=1S/C25H25ClN4O2/c1-15(2)18-5-8-20(9-6-18)30-28-22-12-16(3)21(13-23(22)29-30)27-25(31)14-32-24-10-7-19(26)11-17(24)4/h5-13,15H,14H2,1-4H3,(H,27,31). The minimum absolute atomic E-state index is 0.102. The van der Waals surface area contributed by atoms with E-state index in [2.05, 4.69) is 41.5 Å². The van der Waals surface area contributed by atoms with Crippen LogP contribution in [0.2, 0.25) is 5.02 Å². The van der Waals surface area contributed by atoms with Crippen molar-refractivity contribution in [2.75, 3.05) is 11.9 Å². The molecule has 7 heteroatoms. The van der Waals surface area contributed by atoms with Crippen molar-refractivity contribution in [3.05, 3.63) is 76.3 Å². The predicted molar refractivity (Wildman–Crippen MR) is 128 cm³/mol. The molecule has 1 N–H and O–H groups in total. The second-order valence-corrected chi connectivity index (χ2v) is 8.57. The number of rotatable bonds is 6. The third kappa shape index (κ3) is 4.75. The van der Waals surface area contributed by atoms with Crippen molar-refractivity contribution in [3.63, 3.8) is 0 Å². The largest absolute Gasteiger partial charge is 0.483 e. The molecule has 0 aliphatic rings. The molecule has 0 radical (unpaired) electrons. The molecule has 0 saturated heterocycles. The maximum atomic E-state index is 12.5. The van der Waals surface area contributed by atoms with Gasteiger partial charge >= 0.3 is 0 Å². The Morgan fingerprint density at radius 3 is 2.34 bits per heavy atom. The zero-order chi connectivity index (χ0) is 22.8. The SMILES string of the molecule is Cc1cc2nn(-c3ccc(C(C)C)cc3)nc2cc1NC(=O)COc1ccc(Cl)cc1C. The van der Waals surface area contributed by atoms with Gasteiger partial charge in [0, 0.05) is 10.7 Å². The fraction of sp³-hybridized carbons (Fsp3) is 0.240. The average molecular weight is 449 g/mol. The summed E-state index contributed by atoms with van der Waals surface area (Å²) < 4.78 is 5.64. The zero-order valence-corrected chi connectivity index (χ0v) is 19.3. The molecule has 0 aliphatic carbocycles. The molecule has 0 spiro atoms. The Hall–Kier alpha value is -3.38.